The van der Waals surface area contributed by atoms with Crippen LogP contribution in [0.5, 0.6) is 5.75 Å². The van der Waals surface area contributed by atoms with Crippen LogP contribution < -0.4 is 4.74 Å². The first-order valence-corrected chi connectivity index (χ1v) is 8.01. The van der Waals surface area contributed by atoms with Gasteiger partial charge in [0.1, 0.15) is 5.75 Å². The van der Waals surface area contributed by atoms with Gasteiger partial charge < -0.3 is 9.64 Å². The van der Waals surface area contributed by atoms with Crippen LogP contribution in [0.3, 0.4) is 0 Å². The summed E-state index contributed by atoms with van der Waals surface area (Å²) in [6.07, 6.45) is 0.860. The van der Waals surface area contributed by atoms with Crippen molar-refractivity contribution < 1.29 is 13.2 Å². The van der Waals surface area contributed by atoms with Gasteiger partial charge in [0.25, 0.3) is 9.05 Å². The van der Waals surface area contributed by atoms with Gasteiger partial charge in [-0.2, -0.15) is 0 Å². The Labute approximate surface area is 117 Å². The van der Waals surface area contributed by atoms with Crippen LogP contribution in [0, 0.1) is 0 Å². The average molecular weight is 312 g/mol. The third kappa shape index (κ3) is 5.02. The maximum Gasteiger partial charge on any atom is 0.261 e. The molecular weight excluding hydrogens is 297 g/mol. The van der Waals surface area contributed by atoms with Crippen LogP contribution in [-0.4, -0.2) is 40.6 Å². The van der Waals surface area contributed by atoms with Crippen LogP contribution in [0.4, 0.5) is 0 Å². The minimum atomic E-state index is -3.75. The first kappa shape index (κ1) is 15.6. The fourth-order valence-electron chi connectivity index (χ4n) is 1.31. The van der Waals surface area contributed by atoms with E-state index < -0.39 is 9.05 Å². The monoisotopic (exact) mass is 311 g/mol. The molecule has 0 amide bonds. The molecule has 7 heteroatoms. The Hall–Kier alpha value is -0.490. The van der Waals surface area contributed by atoms with Gasteiger partial charge in [-0.05, 0) is 38.7 Å². The first-order valence-electron chi connectivity index (χ1n) is 5.32. The van der Waals surface area contributed by atoms with Crippen LogP contribution in [0.2, 0.25) is 5.02 Å². The summed E-state index contributed by atoms with van der Waals surface area (Å²) in [5.41, 5.74) is 0. The molecule has 0 N–H and O–H groups in total. The van der Waals surface area contributed by atoms with E-state index in [1.807, 2.05) is 19.0 Å². The molecule has 0 saturated carbocycles. The van der Waals surface area contributed by atoms with E-state index in [0.29, 0.717) is 12.4 Å². The summed E-state index contributed by atoms with van der Waals surface area (Å²) in [5, 5.41) is 0.238. The van der Waals surface area contributed by atoms with E-state index in [2.05, 4.69) is 0 Å². The standard InChI is InChI=1S/C11H15Cl2NO3S/c1-14(2)6-3-7-17-11-5-4-9(8-10(11)12)18(13,15)16/h4-5,8H,3,6-7H2,1-2H3. The van der Waals surface area contributed by atoms with Crippen molar-refractivity contribution in [3.8, 4) is 5.75 Å². The zero-order valence-electron chi connectivity index (χ0n) is 10.2. The highest BCUT2D eigenvalue weighted by Gasteiger charge is 2.12. The van der Waals surface area contributed by atoms with Crippen LogP contribution >= 0.6 is 22.3 Å². The molecule has 4 nitrogen and oxygen atoms in total. The van der Waals surface area contributed by atoms with E-state index in [1.54, 1.807) is 0 Å². The maximum absolute atomic E-state index is 11.1. The highest BCUT2D eigenvalue weighted by Crippen LogP contribution is 2.28. The molecule has 0 radical (unpaired) electrons. The normalized spacial score (nSPS) is 11.8. The predicted octanol–water partition coefficient (Wildman–Crippen LogP) is 2.60. The van der Waals surface area contributed by atoms with E-state index in [0.717, 1.165) is 13.0 Å². The highest BCUT2D eigenvalue weighted by atomic mass is 35.7. The maximum atomic E-state index is 11.1. The van der Waals surface area contributed by atoms with Gasteiger partial charge in [0.15, 0.2) is 0 Å². The Bertz CT molecular complexity index is 503. The molecule has 18 heavy (non-hydrogen) atoms. The van der Waals surface area contributed by atoms with Gasteiger partial charge in [-0.25, -0.2) is 8.42 Å². The lowest BCUT2D eigenvalue weighted by molar-refractivity contribution is 0.281. The molecule has 1 aromatic rings. The number of hydrogen-bond acceptors (Lipinski definition) is 4. The van der Waals surface area contributed by atoms with Crippen LogP contribution in [-0.2, 0) is 9.05 Å². The van der Waals surface area contributed by atoms with Gasteiger partial charge in [-0.3, -0.25) is 0 Å². The second-order valence-corrected chi connectivity index (χ2v) is 7.01. The van der Waals surface area contributed by atoms with Gasteiger partial charge in [0.05, 0.1) is 16.5 Å². The molecular formula is C11H15Cl2NO3S. The Kier molecular flexibility index (Phi) is 5.72. The minimum absolute atomic E-state index is 0.0326. The zero-order chi connectivity index (χ0) is 13.8. The second-order valence-electron chi connectivity index (χ2n) is 4.04. The lowest BCUT2D eigenvalue weighted by atomic mass is 10.3. The smallest absolute Gasteiger partial charge is 0.261 e. The van der Waals surface area contributed by atoms with Crippen molar-refractivity contribution in [2.75, 3.05) is 27.2 Å². The molecule has 1 aromatic carbocycles. The molecule has 0 spiro atoms. The lowest BCUT2D eigenvalue weighted by Crippen LogP contribution is -2.15. The Morgan fingerprint density at radius 3 is 2.50 bits per heavy atom. The van der Waals surface area contributed by atoms with Crippen molar-refractivity contribution in [1.82, 2.24) is 4.90 Å². The van der Waals surface area contributed by atoms with Crippen molar-refractivity contribution in [3.05, 3.63) is 23.2 Å². The quantitative estimate of drug-likeness (QED) is 0.598. The minimum Gasteiger partial charge on any atom is -0.492 e. The fraction of sp³-hybridized carbons (Fsp3) is 0.455. The zero-order valence-corrected chi connectivity index (χ0v) is 12.5. The van der Waals surface area contributed by atoms with Gasteiger partial charge >= 0.3 is 0 Å². The number of nitrogens with zero attached hydrogens (tertiary/aromatic N) is 1. The Morgan fingerprint density at radius 2 is 2.00 bits per heavy atom. The molecule has 0 aliphatic rings. The first-order chi connectivity index (χ1) is 8.30. The predicted molar refractivity (Wildman–Crippen MR) is 73.2 cm³/mol. The highest BCUT2D eigenvalue weighted by molar-refractivity contribution is 8.13. The summed E-state index contributed by atoms with van der Waals surface area (Å²) in [7, 11) is 5.42. The van der Waals surface area contributed by atoms with Gasteiger partial charge in [0.2, 0.25) is 0 Å². The van der Waals surface area contributed by atoms with Gasteiger partial charge in [0, 0.05) is 17.2 Å². The SMILES string of the molecule is CN(C)CCCOc1ccc(S(=O)(=O)Cl)cc1Cl. The average Bonchev–Trinajstić information content (AvgIpc) is 2.24. The molecule has 0 bridgehead atoms. The molecule has 1 rings (SSSR count). The molecule has 0 unspecified atom stereocenters. The molecule has 0 aliphatic carbocycles. The van der Waals surface area contributed by atoms with E-state index >= 15 is 0 Å². The number of hydrogen-bond donors (Lipinski definition) is 0. The molecule has 0 fully saturated rings. The van der Waals surface area contributed by atoms with E-state index in [-0.39, 0.29) is 9.92 Å². The molecule has 0 aliphatic heterocycles. The molecule has 0 heterocycles. The van der Waals surface area contributed by atoms with E-state index in [9.17, 15) is 8.42 Å². The summed E-state index contributed by atoms with van der Waals surface area (Å²) < 4.78 is 27.6. The van der Waals surface area contributed by atoms with E-state index in [1.165, 1.54) is 18.2 Å². The van der Waals surface area contributed by atoms with Crippen molar-refractivity contribution in [1.29, 1.82) is 0 Å². The summed E-state index contributed by atoms with van der Waals surface area (Å²) in [6, 6.07) is 4.16. The Balaban J connectivity index is 2.64. The third-order valence-corrected chi connectivity index (χ3v) is 3.84. The molecule has 0 aromatic heterocycles. The number of benzene rings is 1. The number of halogens is 2. The summed E-state index contributed by atoms with van der Waals surface area (Å²) >= 11 is 5.92. The van der Waals surface area contributed by atoms with Crippen LogP contribution in [0.15, 0.2) is 23.1 Å². The molecule has 0 saturated heterocycles. The van der Waals surface area contributed by atoms with Crippen molar-refractivity contribution >= 4 is 31.3 Å². The van der Waals surface area contributed by atoms with Crippen LogP contribution in [0.1, 0.15) is 6.42 Å². The lowest BCUT2D eigenvalue weighted by Gasteiger charge is -2.11. The topological polar surface area (TPSA) is 46.6 Å². The largest absolute Gasteiger partial charge is 0.492 e. The van der Waals surface area contributed by atoms with E-state index in [4.69, 9.17) is 27.0 Å². The molecule has 0 atom stereocenters. The summed E-state index contributed by atoms with van der Waals surface area (Å²) in [6.45, 7) is 1.43. The van der Waals surface area contributed by atoms with Crippen molar-refractivity contribution in [2.24, 2.45) is 0 Å². The molecule has 102 valence electrons. The Morgan fingerprint density at radius 1 is 1.33 bits per heavy atom. The third-order valence-electron chi connectivity index (χ3n) is 2.19. The summed E-state index contributed by atoms with van der Waals surface area (Å²) in [5.74, 6) is 0.458. The van der Waals surface area contributed by atoms with Crippen molar-refractivity contribution in [3.63, 3.8) is 0 Å². The number of ether oxygens (including phenoxy) is 1. The summed E-state index contributed by atoms with van der Waals surface area (Å²) in [4.78, 5) is 2.02. The number of rotatable bonds is 6. The second kappa shape index (κ2) is 6.61. The van der Waals surface area contributed by atoms with Gasteiger partial charge in [-0.15, -0.1) is 0 Å². The fourth-order valence-corrected chi connectivity index (χ4v) is 2.39. The van der Waals surface area contributed by atoms with Crippen molar-refractivity contribution in [2.45, 2.75) is 11.3 Å². The van der Waals surface area contributed by atoms with Gasteiger partial charge in [-0.1, -0.05) is 11.6 Å². The van der Waals surface area contributed by atoms with Crippen LogP contribution in [0.25, 0.3) is 0 Å².